The number of aromatic nitrogens is 1. The van der Waals surface area contributed by atoms with Crippen LogP contribution in [0.5, 0.6) is 0 Å². The normalized spacial score (nSPS) is 26.4. The van der Waals surface area contributed by atoms with Crippen molar-refractivity contribution in [2.24, 2.45) is 5.73 Å². The van der Waals surface area contributed by atoms with E-state index in [1.807, 2.05) is 17.0 Å². The van der Waals surface area contributed by atoms with Crippen molar-refractivity contribution < 1.29 is 9.53 Å². The predicted octanol–water partition coefficient (Wildman–Crippen LogP) is 0.690. The molecule has 2 N–H and O–H groups in total. The van der Waals surface area contributed by atoms with E-state index in [0.29, 0.717) is 32.2 Å². The van der Waals surface area contributed by atoms with Gasteiger partial charge in [-0.2, -0.15) is 0 Å². The number of hydrogen-bond acceptors (Lipinski definition) is 4. The number of carbonyl (C=O) groups excluding carboxylic acids is 1. The number of ether oxygens (including phenoxy) is 1. The van der Waals surface area contributed by atoms with Crippen LogP contribution in [0.25, 0.3) is 0 Å². The molecule has 5 nitrogen and oxygen atoms in total. The average Bonchev–Trinajstić information content (AvgIpc) is 3.18. The molecule has 0 spiro atoms. The number of rotatable bonds is 4. The Morgan fingerprint density at radius 2 is 2.42 bits per heavy atom. The Hall–Kier alpha value is -1.46. The highest BCUT2D eigenvalue weighted by Crippen LogP contribution is 2.31. The van der Waals surface area contributed by atoms with Crippen molar-refractivity contribution in [1.29, 1.82) is 0 Å². The molecule has 2 aliphatic rings. The third kappa shape index (κ3) is 2.62. The first kappa shape index (κ1) is 12.6. The van der Waals surface area contributed by atoms with Crippen LogP contribution >= 0.6 is 0 Å². The number of hydrogen-bond donors (Lipinski definition) is 1. The molecule has 2 heterocycles. The number of amides is 1. The highest BCUT2D eigenvalue weighted by molar-refractivity contribution is 5.87. The molecule has 1 aliphatic heterocycles. The Morgan fingerprint density at radius 3 is 3.00 bits per heavy atom. The molecule has 1 atom stereocenters. The van der Waals surface area contributed by atoms with Crippen LogP contribution in [-0.4, -0.2) is 40.6 Å². The molecule has 1 saturated heterocycles. The van der Waals surface area contributed by atoms with Crippen LogP contribution in [0.15, 0.2) is 24.5 Å². The summed E-state index contributed by atoms with van der Waals surface area (Å²) in [5.74, 6) is 0.0244. The van der Waals surface area contributed by atoms with Crippen LogP contribution in [-0.2, 0) is 16.1 Å². The van der Waals surface area contributed by atoms with Gasteiger partial charge in [-0.25, -0.2) is 0 Å². The van der Waals surface area contributed by atoms with Gasteiger partial charge in [0.25, 0.3) is 0 Å². The van der Waals surface area contributed by atoms with Gasteiger partial charge in [-0.15, -0.1) is 0 Å². The van der Waals surface area contributed by atoms with E-state index in [2.05, 4.69) is 4.98 Å². The molecule has 1 amide bonds. The van der Waals surface area contributed by atoms with E-state index in [1.54, 1.807) is 12.4 Å². The van der Waals surface area contributed by atoms with E-state index in [9.17, 15) is 4.79 Å². The highest BCUT2D eigenvalue weighted by atomic mass is 16.5. The molecule has 0 aromatic carbocycles. The van der Waals surface area contributed by atoms with Crippen LogP contribution < -0.4 is 5.73 Å². The maximum Gasteiger partial charge on any atom is 0.245 e. The van der Waals surface area contributed by atoms with E-state index >= 15 is 0 Å². The highest BCUT2D eigenvalue weighted by Gasteiger charge is 2.45. The van der Waals surface area contributed by atoms with Gasteiger partial charge in [0.05, 0.1) is 6.61 Å². The van der Waals surface area contributed by atoms with E-state index in [1.165, 1.54) is 0 Å². The fourth-order valence-corrected chi connectivity index (χ4v) is 2.48. The zero-order chi connectivity index (χ0) is 13.3. The molecule has 1 aliphatic carbocycles. The van der Waals surface area contributed by atoms with E-state index in [0.717, 1.165) is 18.4 Å². The first-order valence-electron chi connectivity index (χ1n) is 6.76. The van der Waals surface area contributed by atoms with Crippen molar-refractivity contribution in [2.45, 2.75) is 37.4 Å². The Kier molecular flexibility index (Phi) is 3.24. The predicted molar refractivity (Wildman–Crippen MR) is 70.2 cm³/mol. The standard InChI is InChI=1S/C14H19N3O2/c15-14(5-7-19-10-14)13(18)17(12-3-4-12)9-11-2-1-6-16-8-11/h1-2,6,8,12H,3-5,7,9-10,15H2. The van der Waals surface area contributed by atoms with Crippen molar-refractivity contribution in [3.05, 3.63) is 30.1 Å². The first-order chi connectivity index (χ1) is 9.19. The van der Waals surface area contributed by atoms with Gasteiger partial charge in [0.2, 0.25) is 5.91 Å². The molecule has 0 bridgehead atoms. The Balaban J connectivity index is 1.76. The lowest BCUT2D eigenvalue weighted by Crippen LogP contribution is -2.56. The molecule has 1 unspecified atom stereocenters. The van der Waals surface area contributed by atoms with Crippen molar-refractivity contribution in [3.8, 4) is 0 Å². The molecular weight excluding hydrogens is 242 g/mol. The number of nitrogens with zero attached hydrogens (tertiary/aromatic N) is 2. The zero-order valence-electron chi connectivity index (χ0n) is 10.9. The van der Waals surface area contributed by atoms with Gasteiger partial charge in [-0.05, 0) is 30.9 Å². The lowest BCUT2D eigenvalue weighted by molar-refractivity contribution is -0.138. The van der Waals surface area contributed by atoms with Crippen molar-refractivity contribution >= 4 is 5.91 Å². The molecule has 1 aromatic heterocycles. The molecule has 5 heteroatoms. The molecule has 0 radical (unpaired) electrons. The quantitative estimate of drug-likeness (QED) is 0.866. The monoisotopic (exact) mass is 261 g/mol. The van der Waals surface area contributed by atoms with Gasteiger partial charge in [0.1, 0.15) is 5.54 Å². The summed E-state index contributed by atoms with van der Waals surface area (Å²) in [5.41, 5.74) is 6.41. The van der Waals surface area contributed by atoms with Crippen LogP contribution in [0.4, 0.5) is 0 Å². The lowest BCUT2D eigenvalue weighted by atomic mass is 9.98. The first-order valence-corrected chi connectivity index (χ1v) is 6.76. The van der Waals surface area contributed by atoms with E-state index in [4.69, 9.17) is 10.5 Å². The minimum atomic E-state index is -0.829. The molecule has 102 valence electrons. The molecule has 2 fully saturated rings. The number of pyridine rings is 1. The summed E-state index contributed by atoms with van der Waals surface area (Å²) in [6, 6.07) is 4.22. The van der Waals surface area contributed by atoms with E-state index < -0.39 is 5.54 Å². The smallest absolute Gasteiger partial charge is 0.245 e. The summed E-state index contributed by atoms with van der Waals surface area (Å²) in [6.07, 6.45) is 6.30. The van der Waals surface area contributed by atoms with E-state index in [-0.39, 0.29) is 5.91 Å². The third-order valence-electron chi connectivity index (χ3n) is 3.80. The molecule has 1 aromatic rings. The van der Waals surface area contributed by atoms with Gasteiger partial charge < -0.3 is 15.4 Å². The van der Waals surface area contributed by atoms with Crippen molar-refractivity contribution in [2.75, 3.05) is 13.2 Å². The molecule has 1 saturated carbocycles. The van der Waals surface area contributed by atoms with Gasteiger partial charge in [-0.1, -0.05) is 6.07 Å². The molecular formula is C14H19N3O2. The lowest BCUT2D eigenvalue weighted by Gasteiger charge is -2.30. The van der Waals surface area contributed by atoms with Crippen molar-refractivity contribution in [1.82, 2.24) is 9.88 Å². The maximum atomic E-state index is 12.7. The van der Waals surface area contributed by atoms with Gasteiger partial charge >= 0.3 is 0 Å². The second-order valence-electron chi connectivity index (χ2n) is 5.48. The minimum Gasteiger partial charge on any atom is -0.379 e. The van der Waals surface area contributed by atoms with Gasteiger partial charge in [0, 0.05) is 31.6 Å². The summed E-state index contributed by atoms with van der Waals surface area (Å²) in [5, 5.41) is 0. The fourth-order valence-electron chi connectivity index (χ4n) is 2.48. The Morgan fingerprint density at radius 1 is 1.58 bits per heavy atom. The minimum absolute atomic E-state index is 0.0244. The van der Waals surface area contributed by atoms with Crippen molar-refractivity contribution in [3.63, 3.8) is 0 Å². The summed E-state index contributed by atoms with van der Waals surface area (Å²) >= 11 is 0. The van der Waals surface area contributed by atoms with Crippen LogP contribution in [0, 0.1) is 0 Å². The number of nitrogens with two attached hydrogens (primary N) is 1. The summed E-state index contributed by atoms with van der Waals surface area (Å²) < 4.78 is 5.30. The average molecular weight is 261 g/mol. The second-order valence-corrected chi connectivity index (χ2v) is 5.48. The maximum absolute atomic E-state index is 12.7. The van der Waals surface area contributed by atoms with Crippen LogP contribution in [0.2, 0.25) is 0 Å². The summed E-state index contributed by atoms with van der Waals surface area (Å²) in [6.45, 7) is 1.51. The molecule has 19 heavy (non-hydrogen) atoms. The van der Waals surface area contributed by atoms with Crippen LogP contribution in [0.3, 0.4) is 0 Å². The summed E-state index contributed by atoms with van der Waals surface area (Å²) in [4.78, 5) is 18.7. The Labute approximate surface area is 112 Å². The topological polar surface area (TPSA) is 68.5 Å². The fraction of sp³-hybridized carbons (Fsp3) is 0.571. The number of carbonyl (C=O) groups is 1. The zero-order valence-corrected chi connectivity index (χ0v) is 10.9. The Bertz CT molecular complexity index is 453. The summed E-state index contributed by atoms with van der Waals surface area (Å²) in [7, 11) is 0. The van der Waals surface area contributed by atoms with Gasteiger partial charge in [0.15, 0.2) is 0 Å². The largest absolute Gasteiger partial charge is 0.379 e. The third-order valence-corrected chi connectivity index (χ3v) is 3.80. The van der Waals surface area contributed by atoms with Crippen LogP contribution in [0.1, 0.15) is 24.8 Å². The second kappa shape index (κ2) is 4.90. The SMILES string of the molecule is NC1(C(=O)N(Cc2cccnc2)C2CC2)CCOC1. The molecule has 3 rings (SSSR count). The van der Waals surface area contributed by atoms with Gasteiger partial charge in [-0.3, -0.25) is 9.78 Å².